The highest BCUT2D eigenvalue weighted by atomic mass is 16.5. The highest BCUT2D eigenvalue weighted by Crippen LogP contribution is 2.36. The van der Waals surface area contributed by atoms with Gasteiger partial charge >= 0.3 is 6.01 Å². The second-order valence-corrected chi connectivity index (χ2v) is 11.7. The van der Waals surface area contributed by atoms with Crippen molar-refractivity contribution >= 4 is 22.3 Å². The van der Waals surface area contributed by atoms with Crippen LogP contribution < -0.4 is 19.9 Å². The Morgan fingerprint density at radius 1 is 0.974 bits per heavy atom. The van der Waals surface area contributed by atoms with Crippen LogP contribution in [0.3, 0.4) is 0 Å². The molecule has 0 spiro atoms. The van der Waals surface area contributed by atoms with Crippen molar-refractivity contribution in [3.8, 4) is 6.01 Å². The zero-order chi connectivity index (χ0) is 25.6. The van der Waals surface area contributed by atoms with E-state index in [1.807, 2.05) is 0 Å². The van der Waals surface area contributed by atoms with E-state index in [0.29, 0.717) is 30.7 Å². The Bertz CT molecular complexity index is 1310. The molecule has 5 heterocycles. The fourth-order valence-corrected chi connectivity index (χ4v) is 7.21. The zero-order valence-electron chi connectivity index (χ0n) is 22.8. The molecule has 4 aliphatic rings. The van der Waals surface area contributed by atoms with E-state index >= 15 is 0 Å². The maximum absolute atomic E-state index is 6.35. The third-order valence-corrected chi connectivity index (χ3v) is 9.31. The predicted molar refractivity (Wildman–Crippen MR) is 153 cm³/mol. The number of aromatic nitrogens is 2. The number of benzene rings is 2. The number of aryl methyl sites for hydroxylation is 1. The predicted octanol–water partition coefficient (Wildman–Crippen LogP) is 4.17. The Hall–Kier alpha value is -2.90. The molecule has 2 unspecified atom stereocenters. The van der Waals surface area contributed by atoms with Gasteiger partial charge in [0.25, 0.3) is 0 Å². The summed E-state index contributed by atoms with van der Waals surface area (Å²) in [6, 6.07) is 15.6. The minimum atomic E-state index is 0.452. The average Bonchev–Trinajstić information content (AvgIpc) is 3.53. The summed E-state index contributed by atoms with van der Waals surface area (Å²) >= 11 is 0. The van der Waals surface area contributed by atoms with Gasteiger partial charge in [-0.3, -0.25) is 0 Å². The van der Waals surface area contributed by atoms with Gasteiger partial charge in [-0.05, 0) is 69.1 Å². The van der Waals surface area contributed by atoms with Gasteiger partial charge in [-0.25, -0.2) is 0 Å². The van der Waals surface area contributed by atoms with Crippen molar-refractivity contribution in [3.63, 3.8) is 0 Å². The van der Waals surface area contributed by atoms with Crippen LogP contribution in [0.5, 0.6) is 6.01 Å². The van der Waals surface area contributed by atoms with Gasteiger partial charge in [0.2, 0.25) is 0 Å². The lowest BCUT2D eigenvalue weighted by atomic mass is 9.98. The smallest absolute Gasteiger partial charge is 0.318 e. The Morgan fingerprint density at radius 3 is 2.55 bits per heavy atom. The average molecular weight is 513 g/mol. The maximum Gasteiger partial charge on any atom is 0.318 e. The summed E-state index contributed by atoms with van der Waals surface area (Å²) in [4.78, 5) is 17.6. The minimum absolute atomic E-state index is 0.452. The SMILES string of the molecule is CCc1cccc2cccc(N3CCc4c(nc(OC[C@@H]5CCCN5C)nc4N4CC5CCC(C4)N5)C3)c12. The normalized spacial score (nSPS) is 25.3. The molecule has 7 heteroatoms. The third kappa shape index (κ3) is 4.39. The number of nitrogens with one attached hydrogen (secondary N) is 1. The molecule has 2 aromatic carbocycles. The van der Waals surface area contributed by atoms with Gasteiger partial charge in [0.1, 0.15) is 12.4 Å². The molecule has 0 saturated carbocycles. The number of piperazine rings is 1. The summed E-state index contributed by atoms with van der Waals surface area (Å²) in [5.74, 6) is 1.12. The molecule has 7 nitrogen and oxygen atoms in total. The van der Waals surface area contributed by atoms with Crippen LogP contribution in [0.15, 0.2) is 36.4 Å². The first kappa shape index (κ1) is 24.2. The van der Waals surface area contributed by atoms with Crippen LogP contribution in [0, 0.1) is 0 Å². The highest BCUT2D eigenvalue weighted by Gasteiger charge is 2.35. The molecule has 0 amide bonds. The molecule has 3 saturated heterocycles. The number of rotatable bonds is 6. The molecule has 4 aliphatic heterocycles. The second-order valence-electron chi connectivity index (χ2n) is 11.7. The quantitative estimate of drug-likeness (QED) is 0.532. The topological polar surface area (TPSA) is 56.8 Å². The Morgan fingerprint density at radius 2 is 1.79 bits per heavy atom. The van der Waals surface area contributed by atoms with Gasteiger partial charge in [0.15, 0.2) is 0 Å². The molecule has 38 heavy (non-hydrogen) atoms. The number of hydrogen-bond acceptors (Lipinski definition) is 7. The number of nitrogens with zero attached hydrogens (tertiary/aromatic N) is 5. The second kappa shape index (κ2) is 10.0. The summed E-state index contributed by atoms with van der Waals surface area (Å²) in [5, 5.41) is 6.48. The van der Waals surface area contributed by atoms with Crippen molar-refractivity contribution in [2.24, 2.45) is 0 Å². The van der Waals surface area contributed by atoms with Crippen LogP contribution in [0.25, 0.3) is 10.8 Å². The van der Waals surface area contributed by atoms with Crippen LogP contribution in [0.4, 0.5) is 11.5 Å². The van der Waals surface area contributed by atoms with Crippen molar-refractivity contribution in [1.29, 1.82) is 0 Å². The Balaban J connectivity index is 1.23. The van der Waals surface area contributed by atoms with E-state index in [-0.39, 0.29) is 0 Å². The van der Waals surface area contributed by atoms with Crippen molar-refractivity contribution in [3.05, 3.63) is 53.2 Å². The molecule has 200 valence electrons. The van der Waals surface area contributed by atoms with Gasteiger partial charge in [-0.2, -0.15) is 9.97 Å². The molecule has 2 bridgehead atoms. The summed E-state index contributed by atoms with van der Waals surface area (Å²) in [6.45, 7) is 7.88. The number of likely N-dealkylation sites (tertiary alicyclic amines) is 1. The number of hydrogen-bond donors (Lipinski definition) is 1. The van der Waals surface area contributed by atoms with E-state index in [2.05, 4.69) is 70.4 Å². The number of likely N-dealkylation sites (N-methyl/N-ethyl adjacent to an activating group) is 1. The van der Waals surface area contributed by atoms with E-state index < -0.39 is 0 Å². The first-order valence-electron chi connectivity index (χ1n) is 14.7. The van der Waals surface area contributed by atoms with Gasteiger partial charge in [0.05, 0.1) is 12.2 Å². The molecule has 3 atom stereocenters. The minimum Gasteiger partial charge on any atom is -0.462 e. The molecular formula is C31H40N6O. The van der Waals surface area contributed by atoms with E-state index in [0.717, 1.165) is 57.1 Å². The van der Waals surface area contributed by atoms with Gasteiger partial charge in [0, 0.05) is 54.4 Å². The first-order valence-corrected chi connectivity index (χ1v) is 14.7. The van der Waals surface area contributed by atoms with Crippen molar-refractivity contribution < 1.29 is 4.74 Å². The molecule has 7 rings (SSSR count). The lowest BCUT2D eigenvalue weighted by Gasteiger charge is -2.37. The van der Waals surface area contributed by atoms with Crippen LogP contribution in [0.2, 0.25) is 0 Å². The van der Waals surface area contributed by atoms with Crippen molar-refractivity contribution in [1.82, 2.24) is 20.2 Å². The monoisotopic (exact) mass is 512 g/mol. The Labute approximate surface area is 226 Å². The van der Waals surface area contributed by atoms with Crippen LogP contribution in [-0.2, 0) is 19.4 Å². The van der Waals surface area contributed by atoms with Crippen LogP contribution >= 0.6 is 0 Å². The standard InChI is InChI=1S/C31H40N6O/c1-3-21-7-4-8-22-9-5-11-28(29(21)22)36-16-14-26-27(19-36)33-31(38-20-25-10-6-15-35(25)2)34-30(26)37-17-23-12-13-24(18-37)32-23/h4-5,7-9,11,23-25,32H,3,6,10,12-20H2,1-2H3/t23?,24?,25-/m0/s1. The van der Waals surface area contributed by atoms with Crippen LogP contribution in [0.1, 0.15) is 49.4 Å². The molecular weight excluding hydrogens is 472 g/mol. The number of fused-ring (bicyclic) bond motifs is 4. The first-order chi connectivity index (χ1) is 18.7. The summed E-state index contributed by atoms with van der Waals surface area (Å²) in [6.07, 6.45) is 6.94. The molecule has 1 aromatic heterocycles. The van der Waals surface area contributed by atoms with Crippen LogP contribution in [-0.4, -0.2) is 72.8 Å². The fourth-order valence-electron chi connectivity index (χ4n) is 7.21. The lowest BCUT2D eigenvalue weighted by Crippen LogP contribution is -2.52. The van der Waals surface area contributed by atoms with E-state index in [1.54, 1.807) is 0 Å². The van der Waals surface area contributed by atoms with Gasteiger partial charge in [-0.15, -0.1) is 0 Å². The molecule has 3 fully saturated rings. The van der Waals surface area contributed by atoms with E-state index in [9.17, 15) is 0 Å². The lowest BCUT2D eigenvalue weighted by molar-refractivity contribution is 0.187. The summed E-state index contributed by atoms with van der Waals surface area (Å²) in [5.41, 5.74) is 5.19. The molecule has 1 N–H and O–H groups in total. The van der Waals surface area contributed by atoms with E-state index in [4.69, 9.17) is 14.7 Å². The zero-order valence-corrected chi connectivity index (χ0v) is 22.8. The molecule has 0 aliphatic carbocycles. The number of anilines is 2. The fraction of sp³-hybridized carbons (Fsp3) is 0.548. The summed E-state index contributed by atoms with van der Waals surface area (Å²) < 4.78 is 6.35. The highest BCUT2D eigenvalue weighted by molar-refractivity contribution is 5.97. The number of ether oxygens (including phenoxy) is 1. The van der Waals surface area contributed by atoms with Crippen molar-refractivity contribution in [2.45, 2.75) is 70.1 Å². The molecule has 0 radical (unpaired) electrons. The van der Waals surface area contributed by atoms with E-state index in [1.165, 1.54) is 53.3 Å². The van der Waals surface area contributed by atoms with Crippen molar-refractivity contribution in [2.75, 3.05) is 49.6 Å². The molecule has 3 aromatic rings. The van der Waals surface area contributed by atoms with Gasteiger partial charge in [-0.1, -0.05) is 37.3 Å². The largest absolute Gasteiger partial charge is 0.462 e. The third-order valence-electron chi connectivity index (χ3n) is 9.31. The Kier molecular flexibility index (Phi) is 6.36. The summed E-state index contributed by atoms with van der Waals surface area (Å²) in [7, 11) is 2.20. The van der Waals surface area contributed by atoms with Gasteiger partial charge < -0.3 is 24.8 Å². The maximum atomic E-state index is 6.35.